The zero-order chi connectivity index (χ0) is 50.1. The Morgan fingerprint density at radius 2 is 1.54 bits per heavy atom. The molecule has 7 N–H and O–H groups in total. The topological polar surface area (TPSA) is 257 Å². The van der Waals surface area contributed by atoms with Crippen LogP contribution in [0.15, 0.2) is 64.5 Å². The molecule has 5 rings (SSSR count). The number of carbonyl (C=O) groups is 5. The normalized spacial score (nSPS) is 16.3. The molecule has 3 aromatic rings. The fourth-order valence-electron chi connectivity index (χ4n) is 8.66. The summed E-state index contributed by atoms with van der Waals surface area (Å²) < 4.78 is 46.5. The molecule has 0 saturated carbocycles. The van der Waals surface area contributed by atoms with Gasteiger partial charge < -0.3 is 45.9 Å². The number of ether oxygens (including phenoxy) is 3. The van der Waals surface area contributed by atoms with E-state index in [0.717, 1.165) is 22.3 Å². The average Bonchev–Trinajstić information content (AvgIpc) is 3.89. The number of carboxylic acids is 1. The summed E-state index contributed by atoms with van der Waals surface area (Å²) in [6, 6.07) is 12.5. The van der Waals surface area contributed by atoms with Crippen molar-refractivity contribution in [2.75, 3.05) is 33.4 Å². The number of hydrogen-bond donors (Lipinski definition) is 6. The number of amides is 4. The lowest BCUT2D eigenvalue weighted by molar-refractivity contribution is -0.146. The first-order valence-electron chi connectivity index (χ1n) is 22.9. The molecule has 1 heterocycles. The number of sulfonamides is 1. The average molecular weight is 962 g/mol. The number of carboxylic acid groups (broad SMARTS) is 1. The van der Waals surface area contributed by atoms with Gasteiger partial charge in [-0.15, -0.1) is 0 Å². The Bertz CT molecular complexity index is 2440. The van der Waals surface area contributed by atoms with Gasteiger partial charge in [-0.25, -0.2) is 22.7 Å². The van der Waals surface area contributed by atoms with Gasteiger partial charge in [0.1, 0.15) is 36.5 Å². The molecule has 18 nitrogen and oxygen atoms in total. The molecule has 370 valence electrons. The highest BCUT2D eigenvalue weighted by atomic mass is 32.2. The van der Waals surface area contributed by atoms with Crippen LogP contribution in [0.1, 0.15) is 100 Å². The third-order valence-electron chi connectivity index (χ3n) is 12.0. The highest BCUT2D eigenvalue weighted by Crippen LogP contribution is 2.44. The molecule has 0 aromatic heterocycles. The molecule has 1 aliphatic carbocycles. The zero-order valence-electron chi connectivity index (χ0n) is 40.4. The molecular formula is C49H67N7O11S. The van der Waals surface area contributed by atoms with E-state index in [1.807, 2.05) is 62.4 Å². The molecule has 1 aliphatic heterocycles. The van der Waals surface area contributed by atoms with E-state index in [-0.39, 0.29) is 68.7 Å². The van der Waals surface area contributed by atoms with Gasteiger partial charge in [-0.3, -0.25) is 19.4 Å². The zero-order valence-corrected chi connectivity index (χ0v) is 41.3. The monoisotopic (exact) mass is 961 g/mol. The maximum Gasteiger partial charge on any atom is 0.407 e. The predicted molar refractivity (Wildman–Crippen MR) is 257 cm³/mol. The number of aliphatic imine (C=N–C) groups is 1. The summed E-state index contributed by atoms with van der Waals surface area (Å²) in [7, 11) is -2.67. The van der Waals surface area contributed by atoms with Gasteiger partial charge in [0.25, 0.3) is 10.0 Å². The molecule has 4 amide bonds. The van der Waals surface area contributed by atoms with Crippen LogP contribution in [0.4, 0.5) is 4.79 Å². The minimum absolute atomic E-state index is 0.0260. The number of hydrogen-bond acceptors (Lipinski definition) is 11. The summed E-state index contributed by atoms with van der Waals surface area (Å²) in [6.45, 7) is 13.8. The Morgan fingerprint density at radius 1 is 0.912 bits per heavy atom. The Kier molecular flexibility index (Phi) is 17.6. The van der Waals surface area contributed by atoms with E-state index in [0.29, 0.717) is 28.9 Å². The van der Waals surface area contributed by atoms with Crippen LogP contribution in [0.2, 0.25) is 0 Å². The van der Waals surface area contributed by atoms with Crippen molar-refractivity contribution in [2.45, 2.75) is 128 Å². The van der Waals surface area contributed by atoms with Crippen LogP contribution in [0.3, 0.4) is 0 Å². The smallest absolute Gasteiger partial charge is 0.407 e. The predicted octanol–water partition coefficient (Wildman–Crippen LogP) is 4.81. The lowest BCUT2D eigenvalue weighted by Crippen LogP contribution is -2.59. The fraction of sp³-hybridized carbons (Fsp3) is 0.510. The summed E-state index contributed by atoms with van der Waals surface area (Å²) >= 11 is 0. The van der Waals surface area contributed by atoms with Crippen LogP contribution in [0.25, 0.3) is 11.1 Å². The molecular weight excluding hydrogens is 895 g/mol. The largest absolute Gasteiger partial charge is 0.496 e. The number of aryl methyl sites for hydroxylation is 1. The van der Waals surface area contributed by atoms with Crippen molar-refractivity contribution in [3.63, 3.8) is 0 Å². The Balaban J connectivity index is 1.35. The number of nitrogens with two attached hydrogens (primary N) is 1. The van der Waals surface area contributed by atoms with Crippen LogP contribution in [0.5, 0.6) is 5.75 Å². The van der Waals surface area contributed by atoms with Crippen molar-refractivity contribution in [1.29, 1.82) is 0 Å². The Labute approximate surface area is 399 Å². The first kappa shape index (κ1) is 52.8. The summed E-state index contributed by atoms with van der Waals surface area (Å²) in [6.07, 6.45) is 0.0688. The van der Waals surface area contributed by atoms with Gasteiger partial charge >= 0.3 is 12.1 Å². The Hall–Kier alpha value is -6.21. The van der Waals surface area contributed by atoms with Gasteiger partial charge in [-0.1, -0.05) is 62.4 Å². The van der Waals surface area contributed by atoms with Gasteiger partial charge in [0, 0.05) is 19.0 Å². The number of carbonyl (C=O) groups excluding carboxylic acids is 4. The number of nitrogens with one attached hydrogen (secondary N) is 4. The van der Waals surface area contributed by atoms with Crippen LogP contribution >= 0.6 is 0 Å². The molecule has 0 spiro atoms. The Morgan fingerprint density at radius 3 is 2.13 bits per heavy atom. The van der Waals surface area contributed by atoms with Crippen molar-refractivity contribution in [3.05, 3.63) is 82.4 Å². The number of alkyl carbamates (subject to hydrolysis) is 1. The number of nitrogens with zero attached hydrogens (tertiary/aromatic N) is 2. The highest BCUT2D eigenvalue weighted by molar-refractivity contribution is 7.90. The number of methoxy groups -OCH3 is 1. The molecule has 4 atom stereocenters. The van der Waals surface area contributed by atoms with E-state index in [4.69, 9.17) is 19.9 Å². The van der Waals surface area contributed by atoms with Crippen LogP contribution < -0.4 is 31.1 Å². The number of likely N-dealkylation sites (tertiary alicyclic amines) is 1. The molecule has 0 bridgehead atoms. The van der Waals surface area contributed by atoms with Crippen molar-refractivity contribution in [3.8, 4) is 16.9 Å². The van der Waals surface area contributed by atoms with E-state index in [1.165, 1.54) is 12.0 Å². The standard InChI is InChI=1S/C49H67N7O11S/c1-28(2)24-38(46(60)61)52-44(58)40-21-15-23-56(40)45(59)39(27-67-49(6,7)8)53-43(57)37(54-48(62)66-26-36-34-18-12-10-16-32(34)33-17-11-13-19-35(33)36)20-14-22-51-47(50)55-68(63,64)42-29(3)25-41(65-9)30(4)31(42)5/h10-13,16-19,25,28,36-40H,14-15,20-24,26-27H2,1-9H3,(H,52,58)(H,53,57)(H,54,62)(H,60,61)(H3,50,51,55)/t37-,38+,39+,40+/m0/s1. The lowest BCUT2D eigenvalue weighted by Gasteiger charge is -2.32. The van der Waals surface area contributed by atoms with Crippen molar-refractivity contribution in [1.82, 2.24) is 25.6 Å². The molecule has 0 unspecified atom stereocenters. The lowest BCUT2D eigenvalue weighted by atomic mass is 9.98. The maximum atomic E-state index is 14.4. The van der Waals surface area contributed by atoms with E-state index in [2.05, 4.69) is 25.7 Å². The van der Waals surface area contributed by atoms with E-state index in [9.17, 15) is 37.5 Å². The number of aliphatic carboxylic acids is 1. The minimum atomic E-state index is -4.17. The summed E-state index contributed by atoms with van der Waals surface area (Å²) in [4.78, 5) is 73.5. The second kappa shape index (κ2) is 22.7. The molecule has 19 heteroatoms. The number of rotatable bonds is 20. The van der Waals surface area contributed by atoms with Gasteiger partial charge in [0.15, 0.2) is 0 Å². The number of fused-ring (bicyclic) bond motifs is 3. The molecule has 68 heavy (non-hydrogen) atoms. The third kappa shape index (κ3) is 13.3. The van der Waals surface area contributed by atoms with Gasteiger partial charge in [-0.2, -0.15) is 0 Å². The van der Waals surface area contributed by atoms with Gasteiger partial charge in [0.2, 0.25) is 23.7 Å². The van der Waals surface area contributed by atoms with Crippen molar-refractivity contribution >= 4 is 45.8 Å². The SMILES string of the molecule is COc1cc(C)c(S(=O)(=O)NC(N)=NCCC[C@H](NC(=O)OCC2c3ccccc3-c3ccccc32)C(=O)N[C@H](COC(C)(C)C)C(=O)N2CCC[C@@H]2C(=O)N[C@H](CC(C)C)C(=O)O)c(C)c1C. The minimum Gasteiger partial charge on any atom is -0.496 e. The first-order chi connectivity index (χ1) is 32.0. The summed E-state index contributed by atoms with van der Waals surface area (Å²) in [5.74, 6) is -3.35. The highest BCUT2D eigenvalue weighted by Gasteiger charge is 2.40. The van der Waals surface area contributed by atoms with Crippen molar-refractivity contribution in [2.24, 2.45) is 16.6 Å². The third-order valence-corrected chi connectivity index (χ3v) is 13.7. The molecule has 2 aliphatic rings. The molecule has 1 saturated heterocycles. The number of guanidine groups is 1. The second-order valence-electron chi connectivity index (χ2n) is 18.7. The van der Waals surface area contributed by atoms with Crippen LogP contribution in [-0.4, -0.2) is 117 Å². The molecule has 3 aromatic carbocycles. The van der Waals surface area contributed by atoms with Gasteiger partial charge in [-0.05, 0) is 125 Å². The quantitative estimate of drug-likeness (QED) is 0.0507. The molecule has 0 radical (unpaired) electrons. The van der Waals surface area contributed by atoms with E-state index >= 15 is 0 Å². The van der Waals surface area contributed by atoms with Gasteiger partial charge in [0.05, 0.1) is 24.2 Å². The summed E-state index contributed by atoms with van der Waals surface area (Å²) in [5.41, 5.74) is 11.0. The second-order valence-corrected chi connectivity index (χ2v) is 20.3. The number of benzene rings is 3. The van der Waals surface area contributed by atoms with Crippen LogP contribution in [0, 0.1) is 26.7 Å². The maximum absolute atomic E-state index is 14.4. The van der Waals surface area contributed by atoms with Crippen molar-refractivity contribution < 1.29 is 51.7 Å². The van der Waals surface area contributed by atoms with E-state index < -0.39 is 75.5 Å². The van der Waals surface area contributed by atoms with E-state index in [1.54, 1.807) is 47.6 Å². The van der Waals surface area contributed by atoms with Crippen LogP contribution in [-0.2, 0) is 38.7 Å². The molecule has 1 fully saturated rings. The fourth-order valence-corrected chi connectivity index (χ4v) is 10.1. The first-order valence-corrected chi connectivity index (χ1v) is 24.4. The summed E-state index contributed by atoms with van der Waals surface area (Å²) in [5, 5.41) is 17.8.